The summed E-state index contributed by atoms with van der Waals surface area (Å²) in [6, 6.07) is 7.84. The largest absolute Gasteiger partial charge is 0.494 e. The van der Waals surface area contributed by atoms with Crippen LogP contribution in [0.25, 0.3) is 11.3 Å². The van der Waals surface area contributed by atoms with E-state index in [2.05, 4.69) is 24.1 Å². The van der Waals surface area contributed by atoms with E-state index in [0.29, 0.717) is 23.7 Å². The summed E-state index contributed by atoms with van der Waals surface area (Å²) in [6.07, 6.45) is 0. The van der Waals surface area contributed by atoms with Crippen LogP contribution in [0, 0.1) is 17.6 Å². The van der Waals surface area contributed by atoms with Crippen LogP contribution in [0.4, 0.5) is 8.78 Å². The summed E-state index contributed by atoms with van der Waals surface area (Å²) < 4.78 is 33.3. The normalized spacial score (nSPS) is 12.5. The van der Waals surface area contributed by atoms with E-state index in [-0.39, 0.29) is 17.5 Å². The van der Waals surface area contributed by atoms with Crippen molar-refractivity contribution in [1.82, 2.24) is 10.3 Å². The minimum absolute atomic E-state index is 0.140. The Balaban J connectivity index is 2.30. The molecule has 1 aromatic carbocycles. The van der Waals surface area contributed by atoms with Gasteiger partial charge >= 0.3 is 0 Å². The molecule has 0 radical (unpaired) electrons. The van der Waals surface area contributed by atoms with Gasteiger partial charge in [0.2, 0.25) is 0 Å². The van der Waals surface area contributed by atoms with E-state index >= 15 is 0 Å². The highest BCUT2D eigenvalue weighted by atomic mass is 19.1. The Labute approximate surface area is 135 Å². The topological polar surface area (TPSA) is 34.1 Å². The van der Waals surface area contributed by atoms with Crippen molar-refractivity contribution in [3.8, 4) is 17.0 Å². The Morgan fingerprint density at radius 2 is 1.87 bits per heavy atom. The van der Waals surface area contributed by atoms with Crippen molar-refractivity contribution in [3.05, 3.63) is 47.7 Å². The maximum Gasteiger partial charge on any atom is 0.174 e. The van der Waals surface area contributed by atoms with E-state index in [1.807, 2.05) is 6.92 Å². The van der Waals surface area contributed by atoms with E-state index in [4.69, 9.17) is 4.74 Å². The number of ether oxygens (including phenoxy) is 1. The van der Waals surface area contributed by atoms with Gasteiger partial charge in [-0.1, -0.05) is 19.9 Å². The molecular formula is C18H22F2N2O. The smallest absolute Gasteiger partial charge is 0.174 e. The summed E-state index contributed by atoms with van der Waals surface area (Å²) in [5.74, 6) is -0.331. The first-order chi connectivity index (χ1) is 10.9. The molecule has 3 nitrogen and oxygen atoms in total. The fraction of sp³-hybridized carbons (Fsp3) is 0.389. The second-order valence-electron chi connectivity index (χ2n) is 5.86. The van der Waals surface area contributed by atoms with E-state index in [1.54, 1.807) is 12.1 Å². The van der Waals surface area contributed by atoms with Crippen LogP contribution in [0.15, 0.2) is 30.3 Å². The molecule has 0 spiro atoms. The standard InChI is InChI=1S/C18H22F2N2O/c1-11(2)12(3)21-10-16-14(19)8-9-15(22-16)13-6-5-7-17(23-4)18(13)20/h5-9,11-12,21H,10H2,1-4H3/t12-/m1/s1. The quantitative estimate of drug-likeness (QED) is 0.867. The van der Waals surface area contributed by atoms with Crippen LogP contribution in [-0.4, -0.2) is 18.1 Å². The van der Waals surface area contributed by atoms with Gasteiger partial charge in [-0.25, -0.2) is 13.8 Å². The molecule has 0 fully saturated rings. The molecule has 0 saturated heterocycles. The van der Waals surface area contributed by atoms with Gasteiger partial charge in [0.25, 0.3) is 0 Å². The van der Waals surface area contributed by atoms with Crippen molar-refractivity contribution in [2.45, 2.75) is 33.4 Å². The molecule has 0 bridgehead atoms. The maximum absolute atomic E-state index is 14.3. The average molecular weight is 320 g/mol. The molecule has 0 aliphatic rings. The predicted molar refractivity (Wildman–Crippen MR) is 87.3 cm³/mol. The number of hydrogen-bond acceptors (Lipinski definition) is 3. The van der Waals surface area contributed by atoms with Gasteiger partial charge in [-0.05, 0) is 37.1 Å². The number of benzene rings is 1. The fourth-order valence-electron chi connectivity index (χ4n) is 2.12. The van der Waals surface area contributed by atoms with Gasteiger partial charge in [0, 0.05) is 18.2 Å². The van der Waals surface area contributed by atoms with Crippen LogP contribution in [-0.2, 0) is 6.54 Å². The molecule has 2 rings (SSSR count). The van der Waals surface area contributed by atoms with Crippen LogP contribution >= 0.6 is 0 Å². The number of nitrogens with zero attached hydrogens (tertiary/aromatic N) is 1. The lowest BCUT2D eigenvalue weighted by atomic mass is 10.1. The van der Waals surface area contributed by atoms with Crippen LogP contribution in [0.3, 0.4) is 0 Å². The van der Waals surface area contributed by atoms with E-state index in [0.717, 1.165) is 0 Å². The molecule has 0 saturated carbocycles. The third-order valence-corrected chi connectivity index (χ3v) is 3.97. The highest BCUT2D eigenvalue weighted by Gasteiger charge is 2.14. The monoisotopic (exact) mass is 320 g/mol. The lowest BCUT2D eigenvalue weighted by molar-refractivity contribution is 0.387. The number of nitrogens with one attached hydrogen (secondary N) is 1. The molecule has 0 aliphatic carbocycles. The summed E-state index contributed by atoms with van der Waals surface area (Å²) in [5, 5.41) is 3.23. The van der Waals surface area contributed by atoms with Gasteiger partial charge in [-0.2, -0.15) is 0 Å². The molecule has 1 heterocycles. The molecule has 1 N–H and O–H groups in total. The first kappa shape index (κ1) is 17.3. The summed E-state index contributed by atoms with van der Waals surface area (Å²) in [5.41, 5.74) is 0.955. The minimum atomic E-state index is -0.497. The van der Waals surface area contributed by atoms with E-state index in [9.17, 15) is 8.78 Å². The molecule has 5 heteroatoms. The lowest BCUT2D eigenvalue weighted by Gasteiger charge is -2.17. The highest BCUT2D eigenvalue weighted by Crippen LogP contribution is 2.28. The molecule has 0 aliphatic heterocycles. The third kappa shape index (κ3) is 4.05. The zero-order valence-electron chi connectivity index (χ0n) is 13.9. The predicted octanol–water partition coefficient (Wildman–Crippen LogP) is 4.17. The Morgan fingerprint density at radius 1 is 1.13 bits per heavy atom. The number of methoxy groups -OCH3 is 1. The molecule has 23 heavy (non-hydrogen) atoms. The lowest BCUT2D eigenvalue weighted by Crippen LogP contribution is -2.30. The van der Waals surface area contributed by atoms with Crippen molar-refractivity contribution in [2.24, 2.45) is 5.92 Å². The van der Waals surface area contributed by atoms with E-state index in [1.165, 1.54) is 25.3 Å². The number of aromatic nitrogens is 1. The van der Waals surface area contributed by atoms with Crippen molar-refractivity contribution >= 4 is 0 Å². The zero-order valence-corrected chi connectivity index (χ0v) is 13.9. The van der Waals surface area contributed by atoms with Crippen LogP contribution in [0.5, 0.6) is 5.75 Å². The molecule has 1 aromatic heterocycles. The second kappa shape index (κ2) is 7.51. The molecule has 1 atom stereocenters. The van der Waals surface area contributed by atoms with Crippen molar-refractivity contribution in [1.29, 1.82) is 0 Å². The third-order valence-electron chi connectivity index (χ3n) is 3.97. The maximum atomic E-state index is 14.3. The van der Waals surface area contributed by atoms with Gasteiger partial charge in [0.15, 0.2) is 11.6 Å². The van der Waals surface area contributed by atoms with Gasteiger partial charge in [-0.3, -0.25) is 0 Å². The second-order valence-corrected chi connectivity index (χ2v) is 5.86. The molecule has 0 unspecified atom stereocenters. The van der Waals surface area contributed by atoms with Crippen molar-refractivity contribution < 1.29 is 13.5 Å². The number of halogens is 2. The SMILES string of the molecule is COc1cccc(-c2ccc(F)c(CN[C@H](C)C(C)C)n2)c1F. The zero-order chi connectivity index (χ0) is 17.0. The Morgan fingerprint density at radius 3 is 2.52 bits per heavy atom. The first-order valence-corrected chi connectivity index (χ1v) is 7.65. The molecular weight excluding hydrogens is 298 g/mol. The molecule has 2 aromatic rings. The summed E-state index contributed by atoms with van der Waals surface area (Å²) >= 11 is 0. The van der Waals surface area contributed by atoms with Gasteiger partial charge in [0.05, 0.1) is 18.5 Å². The molecule has 124 valence electrons. The fourth-order valence-corrected chi connectivity index (χ4v) is 2.12. The number of rotatable bonds is 6. The first-order valence-electron chi connectivity index (χ1n) is 7.65. The van der Waals surface area contributed by atoms with E-state index < -0.39 is 11.6 Å². The van der Waals surface area contributed by atoms with Crippen LogP contribution in [0.1, 0.15) is 26.5 Å². The average Bonchev–Trinajstić information content (AvgIpc) is 2.54. The Bertz CT molecular complexity index is 674. The summed E-state index contributed by atoms with van der Waals surface area (Å²) in [6.45, 7) is 6.51. The highest BCUT2D eigenvalue weighted by molar-refractivity contribution is 5.62. The van der Waals surface area contributed by atoms with Gasteiger partial charge < -0.3 is 10.1 Å². The number of pyridine rings is 1. The number of hydrogen-bond donors (Lipinski definition) is 1. The summed E-state index contributed by atoms with van der Waals surface area (Å²) in [7, 11) is 1.41. The Hall–Kier alpha value is -2.01. The van der Waals surface area contributed by atoms with Gasteiger partial charge in [-0.15, -0.1) is 0 Å². The minimum Gasteiger partial charge on any atom is -0.494 e. The van der Waals surface area contributed by atoms with Crippen LogP contribution in [0.2, 0.25) is 0 Å². The molecule has 0 amide bonds. The van der Waals surface area contributed by atoms with Crippen LogP contribution < -0.4 is 10.1 Å². The van der Waals surface area contributed by atoms with Crippen molar-refractivity contribution in [2.75, 3.05) is 7.11 Å². The van der Waals surface area contributed by atoms with Crippen molar-refractivity contribution in [3.63, 3.8) is 0 Å². The summed E-state index contributed by atoms with van der Waals surface area (Å²) in [4.78, 5) is 4.28. The Kier molecular flexibility index (Phi) is 5.66. The van der Waals surface area contributed by atoms with Gasteiger partial charge in [0.1, 0.15) is 5.82 Å².